The molecule has 0 aliphatic heterocycles. The van der Waals surface area contributed by atoms with Crippen LogP contribution in [0.15, 0.2) is 36.5 Å². The summed E-state index contributed by atoms with van der Waals surface area (Å²) in [5.74, 6) is 0. The van der Waals surface area contributed by atoms with Crippen LogP contribution in [-0.4, -0.2) is 0 Å². The van der Waals surface area contributed by atoms with Gasteiger partial charge in [0.15, 0.2) is 6.20 Å². The fraction of sp³-hybridized carbons (Fsp3) is 0.182. The normalized spacial score (nSPS) is 10.4. The predicted molar refractivity (Wildman–Crippen MR) is 49.9 cm³/mol. The highest BCUT2D eigenvalue weighted by molar-refractivity contribution is 5.78. The summed E-state index contributed by atoms with van der Waals surface area (Å²) >= 11 is 0. The minimum Gasteiger partial charge on any atom is -0.211 e. The van der Waals surface area contributed by atoms with Crippen LogP contribution < -0.4 is 4.98 Å². The molecule has 0 bridgehead atoms. The fourth-order valence-electron chi connectivity index (χ4n) is 1.52. The monoisotopic (exact) mass is 158 g/mol. The number of aryl methyl sites for hydroxylation is 1. The number of nitrogens with one attached hydrogen (secondary N) is 1. The Balaban J connectivity index is 2.79. The summed E-state index contributed by atoms with van der Waals surface area (Å²) in [4.78, 5) is 3.23. The molecule has 0 radical (unpaired) electrons. The molecule has 1 aromatic carbocycles. The second kappa shape index (κ2) is 2.94. The van der Waals surface area contributed by atoms with Crippen LogP contribution >= 0.6 is 0 Å². The Hall–Kier alpha value is -1.37. The fourth-order valence-corrected chi connectivity index (χ4v) is 1.52. The zero-order valence-corrected chi connectivity index (χ0v) is 7.17. The van der Waals surface area contributed by atoms with E-state index in [0.717, 1.165) is 6.42 Å². The molecule has 0 fully saturated rings. The van der Waals surface area contributed by atoms with E-state index in [1.54, 1.807) is 0 Å². The van der Waals surface area contributed by atoms with E-state index in [4.69, 9.17) is 0 Å². The van der Waals surface area contributed by atoms with Crippen molar-refractivity contribution in [3.63, 3.8) is 0 Å². The van der Waals surface area contributed by atoms with E-state index in [9.17, 15) is 0 Å². The molecule has 0 spiro atoms. The Morgan fingerprint density at radius 1 is 1.17 bits per heavy atom. The number of fused-ring (bicyclic) bond motifs is 1. The molecule has 0 saturated heterocycles. The Kier molecular flexibility index (Phi) is 1.78. The van der Waals surface area contributed by atoms with Gasteiger partial charge in [-0.05, 0) is 18.1 Å². The number of rotatable bonds is 1. The van der Waals surface area contributed by atoms with Gasteiger partial charge in [0.2, 0.25) is 5.52 Å². The Morgan fingerprint density at radius 3 is 2.83 bits per heavy atom. The van der Waals surface area contributed by atoms with Crippen LogP contribution in [0.1, 0.15) is 12.5 Å². The average molecular weight is 158 g/mol. The highest BCUT2D eigenvalue weighted by atomic mass is 14.6. The van der Waals surface area contributed by atoms with Crippen molar-refractivity contribution in [2.75, 3.05) is 0 Å². The van der Waals surface area contributed by atoms with Gasteiger partial charge < -0.3 is 0 Å². The van der Waals surface area contributed by atoms with Crippen molar-refractivity contribution in [2.45, 2.75) is 13.3 Å². The Labute approximate surface area is 72.1 Å². The zero-order valence-electron chi connectivity index (χ0n) is 7.17. The molecule has 0 atom stereocenters. The quantitative estimate of drug-likeness (QED) is 0.604. The maximum atomic E-state index is 3.23. The third-order valence-corrected chi connectivity index (χ3v) is 2.18. The van der Waals surface area contributed by atoms with E-state index in [1.165, 1.54) is 16.5 Å². The lowest BCUT2D eigenvalue weighted by Crippen LogP contribution is -2.03. The zero-order chi connectivity index (χ0) is 8.39. The molecule has 1 N–H and O–H groups in total. The van der Waals surface area contributed by atoms with Crippen LogP contribution in [0.3, 0.4) is 0 Å². The Bertz CT molecular complexity index is 388. The SMILES string of the molecule is CCc1cc[nH+]c2ccccc12. The summed E-state index contributed by atoms with van der Waals surface area (Å²) in [5, 5.41) is 1.34. The molecule has 60 valence electrons. The molecule has 0 amide bonds. The number of hydrogen-bond donors (Lipinski definition) is 0. The van der Waals surface area contributed by atoms with Crippen molar-refractivity contribution in [1.82, 2.24) is 0 Å². The second-order valence-corrected chi connectivity index (χ2v) is 2.90. The van der Waals surface area contributed by atoms with Crippen molar-refractivity contribution in [3.05, 3.63) is 42.1 Å². The third-order valence-electron chi connectivity index (χ3n) is 2.18. The summed E-state index contributed by atoms with van der Waals surface area (Å²) in [6.45, 7) is 2.18. The number of para-hydroxylation sites is 1. The predicted octanol–water partition coefficient (Wildman–Crippen LogP) is 2.22. The topological polar surface area (TPSA) is 14.1 Å². The van der Waals surface area contributed by atoms with Crippen molar-refractivity contribution >= 4 is 10.9 Å². The molecule has 0 aliphatic rings. The van der Waals surface area contributed by atoms with Crippen LogP contribution in [0.5, 0.6) is 0 Å². The maximum absolute atomic E-state index is 3.23. The summed E-state index contributed by atoms with van der Waals surface area (Å²) < 4.78 is 0. The second-order valence-electron chi connectivity index (χ2n) is 2.90. The molecule has 1 aromatic heterocycles. The number of aromatic nitrogens is 1. The largest absolute Gasteiger partial charge is 0.211 e. The lowest BCUT2D eigenvalue weighted by Gasteiger charge is -1.97. The van der Waals surface area contributed by atoms with Crippen molar-refractivity contribution in [2.24, 2.45) is 0 Å². The molecule has 12 heavy (non-hydrogen) atoms. The number of H-pyrrole nitrogens is 1. The van der Waals surface area contributed by atoms with Crippen LogP contribution in [-0.2, 0) is 6.42 Å². The van der Waals surface area contributed by atoms with Gasteiger partial charge in [-0.1, -0.05) is 19.1 Å². The summed E-state index contributed by atoms with van der Waals surface area (Å²) in [6, 6.07) is 10.5. The first-order chi connectivity index (χ1) is 5.92. The minimum absolute atomic E-state index is 1.09. The highest BCUT2D eigenvalue weighted by Gasteiger charge is 2.01. The van der Waals surface area contributed by atoms with Crippen LogP contribution in [0.25, 0.3) is 10.9 Å². The summed E-state index contributed by atoms with van der Waals surface area (Å²) in [7, 11) is 0. The van der Waals surface area contributed by atoms with Crippen LogP contribution in [0.2, 0.25) is 0 Å². The van der Waals surface area contributed by atoms with Gasteiger partial charge in [0.1, 0.15) is 0 Å². The smallest absolute Gasteiger partial charge is 0.211 e. The van der Waals surface area contributed by atoms with E-state index >= 15 is 0 Å². The van der Waals surface area contributed by atoms with Gasteiger partial charge in [-0.25, -0.2) is 4.98 Å². The first-order valence-electron chi connectivity index (χ1n) is 4.30. The van der Waals surface area contributed by atoms with E-state index in [1.807, 2.05) is 6.20 Å². The van der Waals surface area contributed by atoms with Gasteiger partial charge in [-0.2, -0.15) is 0 Å². The van der Waals surface area contributed by atoms with Gasteiger partial charge in [0, 0.05) is 17.5 Å². The highest BCUT2D eigenvalue weighted by Crippen LogP contribution is 2.13. The minimum atomic E-state index is 1.09. The molecule has 1 heteroatoms. The van der Waals surface area contributed by atoms with Gasteiger partial charge in [0.25, 0.3) is 0 Å². The number of benzene rings is 1. The maximum Gasteiger partial charge on any atom is 0.211 e. The molecule has 0 unspecified atom stereocenters. The molecule has 0 aliphatic carbocycles. The van der Waals surface area contributed by atoms with Crippen molar-refractivity contribution in [3.8, 4) is 0 Å². The molecule has 0 saturated carbocycles. The molecular weight excluding hydrogens is 146 g/mol. The molecule has 2 aromatic rings. The molecule has 1 heterocycles. The van der Waals surface area contributed by atoms with Crippen LogP contribution in [0, 0.1) is 0 Å². The van der Waals surface area contributed by atoms with E-state index < -0.39 is 0 Å². The van der Waals surface area contributed by atoms with Gasteiger partial charge in [-0.15, -0.1) is 0 Å². The van der Waals surface area contributed by atoms with Gasteiger partial charge in [0.05, 0.1) is 0 Å². The van der Waals surface area contributed by atoms with Gasteiger partial charge >= 0.3 is 0 Å². The number of pyridine rings is 1. The lowest BCUT2D eigenvalue weighted by molar-refractivity contribution is -0.344. The van der Waals surface area contributed by atoms with E-state index in [2.05, 4.69) is 42.2 Å². The first kappa shape index (κ1) is 7.29. The molecule has 2 rings (SSSR count). The van der Waals surface area contributed by atoms with Crippen molar-refractivity contribution in [1.29, 1.82) is 0 Å². The van der Waals surface area contributed by atoms with E-state index in [0.29, 0.717) is 0 Å². The number of aromatic amines is 1. The number of hydrogen-bond acceptors (Lipinski definition) is 0. The molecule has 1 nitrogen and oxygen atoms in total. The van der Waals surface area contributed by atoms with Gasteiger partial charge in [-0.3, -0.25) is 0 Å². The van der Waals surface area contributed by atoms with Crippen LogP contribution in [0.4, 0.5) is 0 Å². The summed E-state index contributed by atoms with van der Waals surface area (Å²) in [6.07, 6.45) is 3.09. The standard InChI is InChI=1S/C11H11N/c1-2-9-7-8-12-11-6-4-3-5-10(9)11/h3-8H,2H2,1H3/p+1. The Morgan fingerprint density at radius 2 is 2.00 bits per heavy atom. The van der Waals surface area contributed by atoms with E-state index in [-0.39, 0.29) is 0 Å². The first-order valence-corrected chi connectivity index (χ1v) is 4.30. The molecular formula is C11H12N+. The third kappa shape index (κ3) is 1.07. The van der Waals surface area contributed by atoms with Crippen molar-refractivity contribution < 1.29 is 4.98 Å². The summed E-state index contributed by atoms with van der Waals surface area (Å²) in [5.41, 5.74) is 2.63. The lowest BCUT2D eigenvalue weighted by atomic mass is 10.1. The average Bonchev–Trinajstić information content (AvgIpc) is 2.17.